The Labute approximate surface area is 160 Å². The van der Waals surface area contributed by atoms with Gasteiger partial charge in [-0.3, -0.25) is 4.68 Å². The summed E-state index contributed by atoms with van der Waals surface area (Å²) in [6, 6.07) is 2.12. The lowest BCUT2D eigenvalue weighted by molar-refractivity contribution is 0.556. The summed E-state index contributed by atoms with van der Waals surface area (Å²) >= 11 is 0. The average molecular weight is 353 g/mol. The predicted octanol–water partition coefficient (Wildman–Crippen LogP) is 8.28. The summed E-state index contributed by atoms with van der Waals surface area (Å²) in [7, 11) is 0. The summed E-state index contributed by atoms with van der Waals surface area (Å²) in [6.45, 7) is 16.1. The van der Waals surface area contributed by atoms with Crippen molar-refractivity contribution in [2.45, 2.75) is 120 Å². The van der Waals surface area contributed by atoms with E-state index < -0.39 is 0 Å². The molecule has 0 atom stereocenters. The Balaban J connectivity index is -0.000000325. The maximum Gasteiger partial charge on any atom is 0.0596 e. The van der Waals surface area contributed by atoms with Crippen LogP contribution in [-0.2, 0) is 6.54 Å². The van der Waals surface area contributed by atoms with E-state index in [1.54, 1.807) is 0 Å². The van der Waals surface area contributed by atoms with Crippen molar-refractivity contribution in [2.75, 3.05) is 0 Å². The first-order valence-corrected chi connectivity index (χ1v) is 10.2. The van der Waals surface area contributed by atoms with E-state index in [2.05, 4.69) is 69.5 Å². The monoisotopic (exact) mass is 352 g/mol. The zero-order valence-electron chi connectivity index (χ0n) is 17.7. The van der Waals surface area contributed by atoms with Crippen LogP contribution in [0.4, 0.5) is 0 Å². The summed E-state index contributed by atoms with van der Waals surface area (Å²) in [5.41, 5.74) is 2.40. The molecule has 0 fully saturated rings. The Morgan fingerprint density at radius 3 is 1.84 bits per heavy atom. The van der Waals surface area contributed by atoms with Crippen molar-refractivity contribution in [1.29, 1.82) is 0 Å². The Bertz CT molecular complexity index is 377. The minimum absolute atomic E-state index is 0. The van der Waals surface area contributed by atoms with Crippen molar-refractivity contribution in [3.63, 3.8) is 0 Å². The fourth-order valence-electron chi connectivity index (χ4n) is 2.12. The van der Waals surface area contributed by atoms with Crippen molar-refractivity contribution in [3.05, 3.63) is 29.6 Å². The molecule has 25 heavy (non-hydrogen) atoms. The van der Waals surface area contributed by atoms with E-state index in [1.165, 1.54) is 63.5 Å². The number of hydrogen-bond acceptors (Lipinski definition) is 1. The highest BCUT2D eigenvalue weighted by molar-refractivity contribution is 5.06. The molecule has 1 aromatic heterocycles. The third-order valence-corrected chi connectivity index (χ3v) is 3.42. The summed E-state index contributed by atoms with van der Waals surface area (Å²) in [5.74, 6) is 0. The summed E-state index contributed by atoms with van der Waals surface area (Å²) < 4.78 is 2.08. The largest absolute Gasteiger partial charge is 0.270 e. The number of hydrogen-bond donors (Lipinski definition) is 0. The smallest absolute Gasteiger partial charge is 0.0596 e. The standard InChI is InChI=1S/C10H20.C9H16N2.C3H8.CH4/c1-3-5-7-9-10-8-6-4-2;1-4-5-6-11-9(3)7-8(2)10-11;1-3-2;/h7,9H,3-6,8,10H2,1-2H3;7H,4-6H2,1-3H3;3H2,1-2H3;1H4/b9-7-;;;. The van der Waals surface area contributed by atoms with Crippen LogP contribution in [0.25, 0.3) is 0 Å². The Kier molecular flexibility index (Phi) is 26.4. The molecule has 0 N–H and O–H groups in total. The molecule has 0 radical (unpaired) electrons. The Morgan fingerprint density at radius 2 is 1.40 bits per heavy atom. The molecule has 1 heterocycles. The van der Waals surface area contributed by atoms with Gasteiger partial charge in [-0.25, -0.2) is 0 Å². The molecular weight excluding hydrogens is 304 g/mol. The Hall–Kier alpha value is -1.05. The highest BCUT2D eigenvalue weighted by Gasteiger charge is 1.98. The zero-order chi connectivity index (χ0) is 18.6. The van der Waals surface area contributed by atoms with Gasteiger partial charge < -0.3 is 0 Å². The molecule has 150 valence electrons. The number of nitrogens with zero attached hydrogens (tertiary/aromatic N) is 2. The lowest BCUT2D eigenvalue weighted by atomic mass is 10.2. The lowest BCUT2D eigenvalue weighted by Gasteiger charge is -2.00. The van der Waals surface area contributed by atoms with E-state index in [1.807, 2.05) is 6.92 Å². The summed E-state index contributed by atoms with van der Waals surface area (Å²) in [6.07, 6.45) is 16.2. The predicted molar refractivity (Wildman–Crippen MR) is 117 cm³/mol. The molecule has 1 rings (SSSR count). The van der Waals surface area contributed by atoms with E-state index in [0.29, 0.717) is 0 Å². The van der Waals surface area contributed by atoms with Crippen molar-refractivity contribution < 1.29 is 0 Å². The third-order valence-electron chi connectivity index (χ3n) is 3.42. The minimum Gasteiger partial charge on any atom is -0.270 e. The molecule has 0 aliphatic heterocycles. The molecule has 0 saturated carbocycles. The van der Waals surface area contributed by atoms with Crippen LogP contribution in [0.15, 0.2) is 18.2 Å². The van der Waals surface area contributed by atoms with E-state index in [-0.39, 0.29) is 7.43 Å². The second-order valence-corrected chi connectivity index (χ2v) is 6.47. The molecule has 1 aromatic rings. The van der Waals surface area contributed by atoms with E-state index >= 15 is 0 Å². The van der Waals surface area contributed by atoms with Crippen LogP contribution >= 0.6 is 0 Å². The summed E-state index contributed by atoms with van der Waals surface area (Å²) in [5, 5.41) is 4.36. The van der Waals surface area contributed by atoms with Crippen LogP contribution in [-0.4, -0.2) is 9.78 Å². The van der Waals surface area contributed by atoms with Crippen LogP contribution in [0, 0.1) is 13.8 Å². The van der Waals surface area contributed by atoms with Gasteiger partial charge in [0.15, 0.2) is 0 Å². The maximum atomic E-state index is 4.36. The number of allylic oxidation sites excluding steroid dienone is 2. The first kappa shape index (κ1) is 28.7. The first-order chi connectivity index (χ1) is 11.6. The quantitative estimate of drug-likeness (QED) is 0.323. The molecule has 0 amide bonds. The highest BCUT2D eigenvalue weighted by Crippen LogP contribution is 2.03. The summed E-state index contributed by atoms with van der Waals surface area (Å²) in [4.78, 5) is 0. The second kappa shape index (κ2) is 22.9. The van der Waals surface area contributed by atoms with Gasteiger partial charge in [0.2, 0.25) is 0 Å². The van der Waals surface area contributed by atoms with Crippen molar-refractivity contribution in [3.8, 4) is 0 Å². The van der Waals surface area contributed by atoms with Gasteiger partial charge in [-0.15, -0.1) is 0 Å². The number of unbranched alkanes of at least 4 members (excludes halogenated alkanes) is 5. The molecule has 0 aromatic carbocycles. The normalized spacial score (nSPS) is 9.72. The van der Waals surface area contributed by atoms with Crippen LogP contribution in [0.3, 0.4) is 0 Å². The molecule has 2 heteroatoms. The SMILES string of the molecule is C.CCC.CCC/C=C\CCCCC.CCCCn1nc(C)cc1C. The van der Waals surface area contributed by atoms with Gasteiger partial charge in [0.25, 0.3) is 0 Å². The molecule has 0 unspecified atom stereocenters. The van der Waals surface area contributed by atoms with Gasteiger partial charge >= 0.3 is 0 Å². The van der Waals surface area contributed by atoms with Gasteiger partial charge in [-0.05, 0) is 45.6 Å². The highest BCUT2D eigenvalue weighted by atomic mass is 15.3. The fraction of sp³-hybridized carbons (Fsp3) is 0.783. The maximum absolute atomic E-state index is 4.36. The van der Waals surface area contributed by atoms with Gasteiger partial charge in [0.05, 0.1) is 5.69 Å². The van der Waals surface area contributed by atoms with Gasteiger partial charge in [0.1, 0.15) is 0 Å². The average Bonchev–Trinajstić information content (AvgIpc) is 2.88. The topological polar surface area (TPSA) is 17.8 Å². The molecule has 0 bridgehead atoms. The number of aromatic nitrogens is 2. The Morgan fingerprint density at radius 1 is 0.840 bits per heavy atom. The van der Waals surface area contributed by atoms with E-state index in [9.17, 15) is 0 Å². The van der Waals surface area contributed by atoms with Gasteiger partial charge in [0, 0.05) is 12.2 Å². The molecule has 0 aliphatic carbocycles. The van der Waals surface area contributed by atoms with Crippen molar-refractivity contribution >= 4 is 0 Å². The van der Waals surface area contributed by atoms with Gasteiger partial charge in [-0.2, -0.15) is 5.10 Å². The van der Waals surface area contributed by atoms with E-state index in [4.69, 9.17) is 0 Å². The number of aryl methyl sites for hydroxylation is 3. The third kappa shape index (κ3) is 20.9. The molecule has 0 saturated heterocycles. The van der Waals surface area contributed by atoms with E-state index in [0.717, 1.165) is 12.2 Å². The van der Waals surface area contributed by atoms with Gasteiger partial charge in [-0.1, -0.05) is 86.3 Å². The van der Waals surface area contributed by atoms with Crippen LogP contribution < -0.4 is 0 Å². The number of rotatable bonds is 9. The lowest BCUT2D eigenvalue weighted by Crippen LogP contribution is -2.01. The van der Waals surface area contributed by atoms with Crippen LogP contribution in [0.5, 0.6) is 0 Å². The molecule has 2 nitrogen and oxygen atoms in total. The van der Waals surface area contributed by atoms with Crippen molar-refractivity contribution in [2.24, 2.45) is 0 Å². The minimum atomic E-state index is 0. The first-order valence-electron chi connectivity index (χ1n) is 10.2. The van der Waals surface area contributed by atoms with Crippen molar-refractivity contribution in [1.82, 2.24) is 9.78 Å². The van der Waals surface area contributed by atoms with Crippen LogP contribution in [0.1, 0.15) is 111 Å². The second-order valence-electron chi connectivity index (χ2n) is 6.47. The fourth-order valence-corrected chi connectivity index (χ4v) is 2.12. The molecule has 0 spiro atoms. The molecule has 0 aliphatic rings. The molecular formula is C23H48N2. The van der Waals surface area contributed by atoms with Crippen LogP contribution in [0.2, 0.25) is 0 Å². The zero-order valence-corrected chi connectivity index (χ0v) is 17.7.